The van der Waals surface area contributed by atoms with Crippen LogP contribution >= 0.6 is 11.8 Å². The summed E-state index contributed by atoms with van der Waals surface area (Å²) in [7, 11) is 0. The lowest BCUT2D eigenvalue weighted by Crippen LogP contribution is -2.42. The third-order valence-corrected chi connectivity index (χ3v) is 4.53. The van der Waals surface area contributed by atoms with Gasteiger partial charge in [0.05, 0.1) is 6.33 Å². The Morgan fingerprint density at radius 2 is 2.20 bits per heavy atom. The number of nitrogens with one attached hydrogen (secondary N) is 1. The van der Waals surface area contributed by atoms with Gasteiger partial charge < -0.3 is 15.0 Å². The van der Waals surface area contributed by atoms with Crippen molar-refractivity contribution in [2.75, 3.05) is 16.8 Å². The van der Waals surface area contributed by atoms with Gasteiger partial charge in [-0.2, -0.15) is 11.8 Å². The van der Waals surface area contributed by atoms with E-state index in [-0.39, 0.29) is 5.91 Å². The number of carbonyl (C=O) groups is 1. The maximum atomic E-state index is 12.1. The Hall–Kier alpha value is -1.79. The lowest BCUT2D eigenvalue weighted by molar-refractivity contribution is -0.131. The summed E-state index contributed by atoms with van der Waals surface area (Å²) in [5.41, 5.74) is 0.424. The zero-order valence-electron chi connectivity index (χ0n) is 10.8. The van der Waals surface area contributed by atoms with Crippen molar-refractivity contribution in [3.8, 4) is 5.69 Å². The molecule has 104 valence electrons. The number of benzene rings is 1. The summed E-state index contributed by atoms with van der Waals surface area (Å²) in [6.07, 6.45) is 5.79. The van der Waals surface area contributed by atoms with Gasteiger partial charge in [0, 0.05) is 29.5 Å². The van der Waals surface area contributed by atoms with Gasteiger partial charge in [-0.1, -0.05) is 0 Å². The Kier molecular flexibility index (Phi) is 3.50. The molecular formula is C14H15N3O2S. The van der Waals surface area contributed by atoms with Gasteiger partial charge in [0.15, 0.2) is 5.60 Å². The van der Waals surface area contributed by atoms with E-state index in [0.717, 1.165) is 11.4 Å². The lowest BCUT2D eigenvalue weighted by atomic mass is 10.0. The molecule has 2 heterocycles. The van der Waals surface area contributed by atoms with Crippen molar-refractivity contribution in [3.05, 3.63) is 43.0 Å². The molecule has 5 nitrogen and oxygen atoms in total. The first-order valence-corrected chi connectivity index (χ1v) is 7.53. The van der Waals surface area contributed by atoms with Gasteiger partial charge in [-0.05, 0) is 36.4 Å². The average molecular weight is 289 g/mol. The molecule has 0 radical (unpaired) electrons. The van der Waals surface area contributed by atoms with E-state index in [4.69, 9.17) is 0 Å². The van der Waals surface area contributed by atoms with Gasteiger partial charge in [-0.25, -0.2) is 4.98 Å². The van der Waals surface area contributed by atoms with E-state index in [0.29, 0.717) is 17.9 Å². The van der Waals surface area contributed by atoms with Crippen LogP contribution in [0.25, 0.3) is 5.69 Å². The third-order valence-electron chi connectivity index (χ3n) is 3.35. The van der Waals surface area contributed by atoms with E-state index in [1.165, 1.54) is 0 Å². The van der Waals surface area contributed by atoms with Gasteiger partial charge in [-0.15, -0.1) is 0 Å². The van der Waals surface area contributed by atoms with Crippen LogP contribution in [0.3, 0.4) is 0 Å². The van der Waals surface area contributed by atoms with Gasteiger partial charge in [-0.3, -0.25) is 4.79 Å². The van der Waals surface area contributed by atoms with Crippen molar-refractivity contribution in [2.24, 2.45) is 0 Å². The monoisotopic (exact) mass is 289 g/mol. The average Bonchev–Trinajstić information content (AvgIpc) is 3.11. The number of nitrogens with zero attached hydrogens (tertiary/aromatic N) is 2. The van der Waals surface area contributed by atoms with Crippen LogP contribution in [0, 0.1) is 0 Å². The van der Waals surface area contributed by atoms with Crippen molar-refractivity contribution >= 4 is 23.4 Å². The zero-order chi connectivity index (χ0) is 14.0. The molecule has 2 N–H and O–H groups in total. The Labute approximate surface area is 121 Å². The molecule has 2 aromatic rings. The number of imidazole rings is 1. The Bertz CT molecular complexity index is 589. The fraction of sp³-hybridized carbons (Fsp3) is 0.286. The molecule has 1 aromatic heterocycles. The summed E-state index contributed by atoms with van der Waals surface area (Å²) in [5, 5.41) is 13.0. The van der Waals surface area contributed by atoms with Crippen molar-refractivity contribution in [1.82, 2.24) is 9.55 Å². The van der Waals surface area contributed by atoms with Crippen molar-refractivity contribution in [1.29, 1.82) is 0 Å². The largest absolute Gasteiger partial charge is 0.379 e. The maximum absolute atomic E-state index is 12.1. The maximum Gasteiger partial charge on any atom is 0.257 e. The molecule has 1 aliphatic heterocycles. The first kappa shape index (κ1) is 13.2. The summed E-state index contributed by atoms with van der Waals surface area (Å²) >= 11 is 1.60. The first-order chi connectivity index (χ1) is 9.67. The molecule has 0 bridgehead atoms. The molecule has 0 saturated carbocycles. The number of hydrogen-bond acceptors (Lipinski definition) is 4. The minimum Gasteiger partial charge on any atom is -0.379 e. The van der Waals surface area contributed by atoms with Gasteiger partial charge >= 0.3 is 0 Å². The van der Waals surface area contributed by atoms with E-state index in [9.17, 15) is 9.90 Å². The molecule has 3 rings (SSSR count). The summed E-state index contributed by atoms with van der Waals surface area (Å²) in [6.45, 7) is 0. The minimum absolute atomic E-state index is 0.321. The lowest BCUT2D eigenvalue weighted by Gasteiger charge is -2.20. The Morgan fingerprint density at radius 1 is 1.40 bits per heavy atom. The number of aromatic nitrogens is 2. The fourth-order valence-electron chi connectivity index (χ4n) is 2.11. The smallest absolute Gasteiger partial charge is 0.257 e. The molecule has 1 fully saturated rings. The highest BCUT2D eigenvalue weighted by atomic mass is 32.2. The van der Waals surface area contributed by atoms with Crippen LogP contribution < -0.4 is 5.32 Å². The highest BCUT2D eigenvalue weighted by Gasteiger charge is 2.39. The van der Waals surface area contributed by atoms with E-state index < -0.39 is 5.60 Å². The molecule has 1 atom stereocenters. The van der Waals surface area contributed by atoms with Crippen LogP contribution in [-0.4, -0.2) is 37.7 Å². The first-order valence-electron chi connectivity index (χ1n) is 6.37. The fourth-order valence-corrected chi connectivity index (χ4v) is 3.35. The second-order valence-electron chi connectivity index (χ2n) is 4.81. The molecular weight excluding hydrogens is 274 g/mol. The molecule has 20 heavy (non-hydrogen) atoms. The predicted octanol–water partition coefficient (Wildman–Crippen LogP) is 1.68. The molecule has 1 amide bonds. The van der Waals surface area contributed by atoms with Crippen LogP contribution in [0.4, 0.5) is 5.69 Å². The van der Waals surface area contributed by atoms with Gasteiger partial charge in [0.25, 0.3) is 5.91 Å². The number of aliphatic hydroxyl groups is 1. The van der Waals surface area contributed by atoms with Crippen LogP contribution in [-0.2, 0) is 4.79 Å². The molecule has 6 heteroatoms. The molecule has 0 aliphatic carbocycles. The highest BCUT2D eigenvalue weighted by Crippen LogP contribution is 2.29. The van der Waals surface area contributed by atoms with E-state index in [2.05, 4.69) is 10.3 Å². The van der Waals surface area contributed by atoms with Crippen molar-refractivity contribution in [2.45, 2.75) is 12.0 Å². The number of rotatable bonds is 3. The van der Waals surface area contributed by atoms with Crippen molar-refractivity contribution in [3.63, 3.8) is 0 Å². The third kappa shape index (κ3) is 2.57. The summed E-state index contributed by atoms with van der Waals surface area (Å²) in [6, 6.07) is 7.42. The van der Waals surface area contributed by atoms with E-state index >= 15 is 0 Å². The SMILES string of the molecule is O=C(Nc1ccc(-n2ccnc2)cc1)C1(O)CCSC1. The Morgan fingerprint density at radius 3 is 2.80 bits per heavy atom. The number of amides is 1. The minimum atomic E-state index is -1.23. The van der Waals surface area contributed by atoms with Crippen LogP contribution in [0.15, 0.2) is 43.0 Å². The summed E-state index contributed by atoms with van der Waals surface area (Å²) in [5.74, 6) is 0.966. The number of thioether (sulfide) groups is 1. The standard InChI is InChI=1S/C14H15N3O2S/c18-13(14(19)5-8-20-9-14)16-11-1-3-12(4-2-11)17-7-6-15-10-17/h1-4,6-7,10,19H,5,8-9H2,(H,16,18). The molecule has 1 unspecified atom stereocenters. The zero-order valence-corrected chi connectivity index (χ0v) is 11.6. The number of anilines is 1. The normalized spacial score (nSPS) is 21.9. The number of carbonyl (C=O) groups excluding carboxylic acids is 1. The van der Waals surface area contributed by atoms with Crippen LogP contribution in [0.2, 0.25) is 0 Å². The highest BCUT2D eigenvalue weighted by molar-refractivity contribution is 7.99. The summed E-state index contributed by atoms with van der Waals surface area (Å²) < 4.78 is 1.88. The van der Waals surface area contributed by atoms with Crippen LogP contribution in [0.1, 0.15) is 6.42 Å². The van der Waals surface area contributed by atoms with E-state index in [1.54, 1.807) is 24.3 Å². The topological polar surface area (TPSA) is 67.2 Å². The van der Waals surface area contributed by atoms with Crippen LogP contribution in [0.5, 0.6) is 0 Å². The molecule has 1 saturated heterocycles. The molecule has 1 aliphatic rings. The molecule has 1 aromatic carbocycles. The van der Waals surface area contributed by atoms with Gasteiger partial charge in [0.1, 0.15) is 0 Å². The second kappa shape index (κ2) is 5.30. The van der Waals surface area contributed by atoms with Crippen molar-refractivity contribution < 1.29 is 9.90 Å². The Balaban J connectivity index is 1.71. The van der Waals surface area contributed by atoms with Gasteiger partial charge in [0.2, 0.25) is 0 Å². The summed E-state index contributed by atoms with van der Waals surface area (Å²) in [4.78, 5) is 16.0. The second-order valence-corrected chi connectivity index (χ2v) is 5.91. The quantitative estimate of drug-likeness (QED) is 0.902. The van der Waals surface area contributed by atoms with E-state index in [1.807, 2.05) is 35.0 Å². The predicted molar refractivity (Wildman–Crippen MR) is 79.1 cm³/mol. The molecule has 0 spiro atoms. The number of hydrogen-bond donors (Lipinski definition) is 2.